The molecular weight excluding hydrogens is 330 g/mol. The van der Waals surface area contributed by atoms with E-state index in [2.05, 4.69) is 31.5 Å². The van der Waals surface area contributed by atoms with Crippen molar-refractivity contribution in [3.8, 4) is 0 Å². The van der Waals surface area contributed by atoms with E-state index in [1.165, 1.54) is 19.3 Å². The fraction of sp³-hybridized carbons (Fsp3) is 0.562. The summed E-state index contributed by atoms with van der Waals surface area (Å²) in [7, 11) is 1.97. The molecule has 21 heavy (non-hydrogen) atoms. The minimum atomic E-state index is 0.0726. The van der Waals surface area contributed by atoms with Gasteiger partial charge in [0.15, 0.2) is 0 Å². The monoisotopic (exact) mass is 353 g/mol. The van der Waals surface area contributed by atoms with E-state index < -0.39 is 0 Å². The van der Waals surface area contributed by atoms with Crippen molar-refractivity contribution >= 4 is 27.5 Å². The molecule has 5 heteroatoms. The zero-order valence-corrected chi connectivity index (χ0v) is 14.4. The molecule has 1 saturated heterocycles. The number of halogens is 1. The summed E-state index contributed by atoms with van der Waals surface area (Å²) in [5, 5.41) is 6.25. The Bertz CT molecular complexity index is 490. The van der Waals surface area contributed by atoms with Crippen molar-refractivity contribution < 1.29 is 4.79 Å². The van der Waals surface area contributed by atoms with Crippen LogP contribution >= 0.6 is 15.9 Å². The highest BCUT2D eigenvalue weighted by molar-refractivity contribution is 9.10. The highest BCUT2D eigenvalue weighted by atomic mass is 79.9. The van der Waals surface area contributed by atoms with Crippen LogP contribution in [-0.4, -0.2) is 43.5 Å². The Morgan fingerprint density at radius 1 is 1.43 bits per heavy atom. The summed E-state index contributed by atoms with van der Waals surface area (Å²) in [6, 6.07) is 6.38. The van der Waals surface area contributed by atoms with Crippen molar-refractivity contribution in [1.29, 1.82) is 0 Å². The van der Waals surface area contributed by atoms with E-state index in [-0.39, 0.29) is 5.91 Å². The number of nitrogens with one attached hydrogen (secondary N) is 2. The average molecular weight is 354 g/mol. The van der Waals surface area contributed by atoms with Crippen molar-refractivity contribution in [1.82, 2.24) is 10.2 Å². The van der Waals surface area contributed by atoms with E-state index in [9.17, 15) is 4.79 Å². The Hall–Kier alpha value is -0.910. The van der Waals surface area contributed by atoms with E-state index in [1.54, 1.807) is 0 Å². The van der Waals surface area contributed by atoms with Crippen molar-refractivity contribution in [2.45, 2.75) is 32.2 Å². The molecule has 116 valence electrons. The van der Waals surface area contributed by atoms with Gasteiger partial charge in [-0.3, -0.25) is 9.69 Å². The van der Waals surface area contributed by atoms with Crippen molar-refractivity contribution in [3.05, 3.63) is 28.2 Å². The zero-order chi connectivity index (χ0) is 15.2. The number of carbonyl (C=O) groups excluding carboxylic acids is 1. The molecule has 0 saturated carbocycles. The minimum absolute atomic E-state index is 0.0726. The van der Waals surface area contributed by atoms with Gasteiger partial charge in [0.1, 0.15) is 0 Å². The van der Waals surface area contributed by atoms with E-state index in [0.717, 1.165) is 28.8 Å². The molecule has 1 aromatic carbocycles. The van der Waals surface area contributed by atoms with E-state index in [4.69, 9.17) is 0 Å². The molecule has 1 amide bonds. The Balaban J connectivity index is 1.93. The Labute approximate surface area is 135 Å². The normalized spacial score (nSPS) is 19.5. The third kappa shape index (κ3) is 4.80. The average Bonchev–Trinajstić information content (AvgIpc) is 2.44. The summed E-state index contributed by atoms with van der Waals surface area (Å²) in [6.07, 6.45) is 3.62. The van der Waals surface area contributed by atoms with Crippen molar-refractivity contribution in [2.75, 3.05) is 32.0 Å². The smallest absolute Gasteiger partial charge is 0.238 e. The van der Waals surface area contributed by atoms with Crippen LogP contribution in [0.15, 0.2) is 22.7 Å². The Morgan fingerprint density at radius 3 is 2.95 bits per heavy atom. The van der Waals surface area contributed by atoms with Crippen LogP contribution in [0.2, 0.25) is 0 Å². The van der Waals surface area contributed by atoms with Crippen molar-refractivity contribution in [2.24, 2.45) is 0 Å². The molecule has 1 atom stereocenters. The van der Waals surface area contributed by atoms with Crippen LogP contribution in [0.5, 0.6) is 0 Å². The lowest BCUT2D eigenvalue weighted by Gasteiger charge is -2.35. The van der Waals surface area contributed by atoms with Gasteiger partial charge in [0.2, 0.25) is 5.91 Å². The number of amides is 1. The number of likely N-dealkylation sites (N-methyl/N-ethyl adjacent to an activating group) is 1. The molecule has 0 aromatic heterocycles. The third-order valence-electron chi connectivity index (χ3n) is 4.00. The van der Waals surface area contributed by atoms with Crippen LogP contribution in [0.4, 0.5) is 5.69 Å². The first-order chi connectivity index (χ1) is 10.1. The van der Waals surface area contributed by atoms with Gasteiger partial charge < -0.3 is 10.6 Å². The lowest BCUT2D eigenvalue weighted by atomic mass is 10.0. The highest BCUT2D eigenvalue weighted by Gasteiger charge is 2.23. The van der Waals surface area contributed by atoms with Gasteiger partial charge in [0.25, 0.3) is 0 Å². The molecule has 1 heterocycles. The van der Waals surface area contributed by atoms with Gasteiger partial charge in [-0.1, -0.05) is 22.4 Å². The first-order valence-electron chi connectivity index (χ1n) is 7.55. The fourth-order valence-corrected chi connectivity index (χ4v) is 3.35. The first-order valence-corrected chi connectivity index (χ1v) is 8.34. The molecule has 1 fully saturated rings. The SMILES string of the molecule is CNCC1CCCCN1CC(=O)Nc1ccc(Br)cc1C. The topological polar surface area (TPSA) is 44.4 Å². The number of piperidine rings is 1. The maximum atomic E-state index is 12.3. The maximum absolute atomic E-state index is 12.3. The van der Waals surface area contributed by atoms with Gasteiger partial charge in [-0.05, 0) is 57.1 Å². The molecule has 2 rings (SSSR count). The van der Waals surface area contributed by atoms with Gasteiger partial charge in [0.05, 0.1) is 6.54 Å². The van der Waals surface area contributed by atoms with Crippen molar-refractivity contribution in [3.63, 3.8) is 0 Å². The van der Waals surface area contributed by atoms with Crippen LogP contribution in [0.25, 0.3) is 0 Å². The largest absolute Gasteiger partial charge is 0.325 e. The maximum Gasteiger partial charge on any atom is 0.238 e. The molecule has 4 nitrogen and oxygen atoms in total. The second kappa shape index (κ2) is 7.92. The van der Waals surface area contributed by atoms with E-state index >= 15 is 0 Å². The second-order valence-corrected chi connectivity index (χ2v) is 6.60. The molecule has 1 aliphatic heterocycles. The molecule has 0 spiro atoms. The van der Waals surface area contributed by atoms with Crippen LogP contribution in [-0.2, 0) is 4.79 Å². The summed E-state index contributed by atoms with van der Waals surface area (Å²) in [5.74, 6) is 0.0726. The number of likely N-dealkylation sites (tertiary alicyclic amines) is 1. The molecule has 1 aromatic rings. The summed E-state index contributed by atoms with van der Waals surface area (Å²) in [5.41, 5.74) is 1.97. The number of rotatable bonds is 5. The van der Waals surface area contributed by atoms with E-state index in [1.807, 2.05) is 32.2 Å². The quantitative estimate of drug-likeness (QED) is 0.855. The molecule has 1 aliphatic rings. The summed E-state index contributed by atoms with van der Waals surface area (Å²) in [6.45, 7) is 4.44. The highest BCUT2D eigenvalue weighted by Crippen LogP contribution is 2.21. The minimum Gasteiger partial charge on any atom is -0.325 e. The second-order valence-electron chi connectivity index (χ2n) is 5.69. The van der Waals surface area contributed by atoms with Gasteiger partial charge >= 0.3 is 0 Å². The Kier molecular flexibility index (Phi) is 6.21. The van der Waals surface area contributed by atoms with Crippen LogP contribution in [0.1, 0.15) is 24.8 Å². The van der Waals surface area contributed by atoms with Gasteiger partial charge in [-0.2, -0.15) is 0 Å². The molecule has 0 radical (unpaired) electrons. The standard InChI is InChI=1S/C16H24BrN3O/c1-12-9-13(17)6-7-15(12)19-16(21)11-20-8-4-3-5-14(20)10-18-2/h6-7,9,14,18H,3-5,8,10-11H2,1-2H3,(H,19,21). The first kappa shape index (κ1) is 16.5. The van der Waals surface area contributed by atoms with Crippen LogP contribution in [0, 0.1) is 6.92 Å². The van der Waals surface area contributed by atoms with Crippen LogP contribution in [0.3, 0.4) is 0 Å². The number of nitrogens with zero attached hydrogens (tertiary/aromatic N) is 1. The molecule has 0 bridgehead atoms. The molecule has 0 aliphatic carbocycles. The summed E-state index contributed by atoms with van der Waals surface area (Å²) >= 11 is 3.44. The zero-order valence-electron chi connectivity index (χ0n) is 12.8. The lowest BCUT2D eigenvalue weighted by Crippen LogP contribution is -2.47. The Morgan fingerprint density at radius 2 is 2.24 bits per heavy atom. The summed E-state index contributed by atoms with van der Waals surface area (Å²) < 4.78 is 1.03. The molecule has 1 unspecified atom stereocenters. The third-order valence-corrected chi connectivity index (χ3v) is 4.49. The van der Waals surface area contributed by atoms with Gasteiger partial charge in [0, 0.05) is 22.7 Å². The predicted octanol–water partition coefficient (Wildman–Crippen LogP) is 2.77. The predicted molar refractivity (Wildman–Crippen MR) is 90.6 cm³/mol. The number of anilines is 1. The number of hydrogen-bond donors (Lipinski definition) is 2. The number of benzene rings is 1. The van der Waals surface area contributed by atoms with E-state index in [0.29, 0.717) is 12.6 Å². The summed E-state index contributed by atoms with van der Waals surface area (Å²) in [4.78, 5) is 14.6. The number of hydrogen-bond acceptors (Lipinski definition) is 3. The number of carbonyl (C=O) groups is 1. The fourth-order valence-electron chi connectivity index (χ4n) is 2.88. The number of aryl methyl sites for hydroxylation is 1. The van der Waals surface area contributed by atoms with Gasteiger partial charge in [-0.25, -0.2) is 0 Å². The van der Waals surface area contributed by atoms with Gasteiger partial charge in [-0.15, -0.1) is 0 Å². The lowest BCUT2D eigenvalue weighted by molar-refractivity contribution is -0.118. The van der Waals surface area contributed by atoms with Crippen LogP contribution < -0.4 is 10.6 Å². The molecule has 2 N–H and O–H groups in total. The molecular formula is C16H24BrN3O.